The van der Waals surface area contributed by atoms with Crippen LogP contribution in [0, 0.1) is 0 Å². The molecule has 144 valence electrons. The fourth-order valence-corrected chi connectivity index (χ4v) is 4.25. The molecule has 1 amide bonds. The van der Waals surface area contributed by atoms with Crippen LogP contribution in [0.4, 0.5) is 0 Å². The summed E-state index contributed by atoms with van der Waals surface area (Å²) in [6.45, 7) is 3.73. The van der Waals surface area contributed by atoms with Crippen molar-refractivity contribution >= 4 is 5.91 Å². The number of likely N-dealkylation sites (tertiary alicyclic amines) is 1. The van der Waals surface area contributed by atoms with Gasteiger partial charge in [0.05, 0.1) is 7.11 Å². The Bertz CT molecular complexity index is 917. The first-order chi connectivity index (χ1) is 13.1. The molecule has 1 fully saturated rings. The first-order valence-corrected chi connectivity index (χ1v) is 9.63. The van der Waals surface area contributed by atoms with Gasteiger partial charge >= 0.3 is 5.69 Å². The van der Waals surface area contributed by atoms with Gasteiger partial charge in [0.15, 0.2) is 0 Å². The van der Waals surface area contributed by atoms with E-state index in [1.54, 1.807) is 11.7 Å². The number of carbonyl (C=O) groups excluding carboxylic acids is 1. The number of nitrogens with one attached hydrogen (secondary N) is 1. The number of hydrogen-bond acceptors (Lipinski definition) is 5. The SMILES string of the molecule is CCn1c(C2CCCN(C(=O)c3cc4c(nc3OC)CCC4)C2)n[nH]c1=O. The molecule has 1 N–H and O–H groups in total. The van der Waals surface area contributed by atoms with Gasteiger partial charge in [0.1, 0.15) is 11.4 Å². The van der Waals surface area contributed by atoms with E-state index in [9.17, 15) is 9.59 Å². The van der Waals surface area contributed by atoms with Crippen molar-refractivity contribution in [3.05, 3.63) is 39.2 Å². The van der Waals surface area contributed by atoms with Crippen molar-refractivity contribution in [1.82, 2.24) is 24.6 Å². The molecule has 2 aliphatic rings. The summed E-state index contributed by atoms with van der Waals surface area (Å²) in [7, 11) is 1.56. The van der Waals surface area contributed by atoms with Gasteiger partial charge in [0, 0.05) is 31.2 Å². The van der Waals surface area contributed by atoms with E-state index in [1.807, 2.05) is 17.9 Å². The minimum Gasteiger partial charge on any atom is -0.480 e. The van der Waals surface area contributed by atoms with Crippen LogP contribution < -0.4 is 10.4 Å². The number of rotatable bonds is 4. The van der Waals surface area contributed by atoms with Crippen molar-refractivity contribution in [2.24, 2.45) is 0 Å². The average molecular weight is 371 g/mol. The van der Waals surface area contributed by atoms with Gasteiger partial charge in [-0.3, -0.25) is 9.36 Å². The fraction of sp³-hybridized carbons (Fsp3) is 0.579. The fourth-order valence-electron chi connectivity index (χ4n) is 4.25. The molecule has 1 saturated heterocycles. The molecule has 1 aliphatic carbocycles. The third-order valence-corrected chi connectivity index (χ3v) is 5.62. The number of fused-ring (bicyclic) bond motifs is 1. The second-order valence-corrected chi connectivity index (χ2v) is 7.23. The monoisotopic (exact) mass is 371 g/mol. The molecular formula is C19H25N5O3. The third-order valence-electron chi connectivity index (χ3n) is 5.62. The Morgan fingerprint density at radius 2 is 2.22 bits per heavy atom. The van der Waals surface area contributed by atoms with Gasteiger partial charge in [-0.2, -0.15) is 5.10 Å². The number of aromatic nitrogens is 4. The van der Waals surface area contributed by atoms with E-state index in [-0.39, 0.29) is 17.5 Å². The van der Waals surface area contributed by atoms with Crippen LogP contribution in [0.5, 0.6) is 5.88 Å². The zero-order valence-electron chi connectivity index (χ0n) is 15.8. The lowest BCUT2D eigenvalue weighted by atomic mass is 9.96. The lowest BCUT2D eigenvalue weighted by molar-refractivity contribution is 0.0698. The summed E-state index contributed by atoms with van der Waals surface area (Å²) in [5.41, 5.74) is 2.54. The molecule has 1 atom stereocenters. The Morgan fingerprint density at radius 3 is 3.00 bits per heavy atom. The van der Waals surface area contributed by atoms with Crippen molar-refractivity contribution in [2.75, 3.05) is 20.2 Å². The number of nitrogens with zero attached hydrogens (tertiary/aromatic N) is 4. The summed E-state index contributed by atoms with van der Waals surface area (Å²) in [6.07, 6.45) is 4.77. The second kappa shape index (κ2) is 7.17. The zero-order valence-corrected chi connectivity index (χ0v) is 15.8. The number of pyridine rings is 1. The molecule has 2 aromatic heterocycles. The highest BCUT2D eigenvalue weighted by atomic mass is 16.5. The Kier molecular flexibility index (Phi) is 4.72. The molecule has 4 rings (SSSR count). The van der Waals surface area contributed by atoms with E-state index in [0.717, 1.165) is 49.2 Å². The molecule has 8 heteroatoms. The molecule has 1 aliphatic heterocycles. The van der Waals surface area contributed by atoms with E-state index in [0.29, 0.717) is 31.1 Å². The summed E-state index contributed by atoms with van der Waals surface area (Å²) in [6, 6.07) is 1.95. The normalized spacial score (nSPS) is 19.2. The summed E-state index contributed by atoms with van der Waals surface area (Å²) >= 11 is 0. The number of carbonyl (C=O) groups is 1. The molecule has 0 spiro atoms. The standard InChI is InChI=1S/C19H25N5O3/c1-3-24-16(21-22-19(24)26)13-7-5-9-23(11-13)18(25)14-10-12-6-4-8-15(12)20-17(14)27-2/h10,13H,3-9,11H2,1-2H3,(H,22,26). The predicted molar refractivity (Wildman–Crippen MR) is 99.2 cm³/mol. The van der Waals surface area contributed by atoms with Crippen LogP contribution in [0.3, 0.4) is 0 Å². The van der Waals surface area contributed by atoms with Gasteiger partial charge in [-0.15, -0.1) is 0 Å². The number of piperidine rings is 1. The molecule has 3 heterocycles. The third kappa shape index (κ3) is 3.13. The highest BCUT2D eigenvalue weighted by Gasteiger charge is 2.31. The molecule has 0 saturated carbocycles. The Labute approximate surface area is 157 Å². The number of ether oxygens (including phenoxy) is 1. The van der Waals surface area contributed by atoms with Gasteiger partial charge in [-0.25, -0.2) is 14.9 Å². The predicted octanol–water partition coefficient (Wildman–Crippen LogP) is 1.50. The highest BCUT2D eigenvalue weighted by Crippen LogP contribution is 2.30. The topological polar surface area (TPSA) is 93.1 Å². The molecular weight excluding hydrogens is 346 g/mol. The summed E-state index contributed by atoms with van der Waals surface area (Å²) in [5.74, 6) is 1.14. The Morgan fingerprint density at radius 1 is 1.37 bits per heavy atom. The van der Waals surface area contributed by atoms with Gasteiger partial charge in [0.25, 0.3) is 5.91 Å². The first-order valence-electron chi connectivity index (χ1n) is 9.63. The van der Waals surface area contributed by atoms with E-state index in [2.05, 4.69) is 15.2 Å². The van der Waals surface area contributed by atoms with Gasteiger partial charge in [-0.05, 0) is 50.7 Å². The van der Waals surface area contributed by atoms with Crippen LogP contribution in [0.2, 0.25) is 0 Å². The maximum absolute atomic E-state index is 13.2. The Hall–Kier alpha value is -2.64. The van der Waals surface area contributed by atoms with E-state index >= 15 is 0 Å². The second-order valence-electron chi connectivity index (χ2n) is 7.23. The molecule has 8 nitrogen and oxygen atoms in total. The van der Waals surface area contributed by atoms with E-state index in [4.69, 9.17) is 4.74 Å². The van der Waals surface area contributed by atoms with Crippen LogP contribution in [0.1, 0.15) is 59.5 Å². The van der Waals surface area contributed by atoms with Crippen LogP contribution in [-0.2, 0) is 19.4 Å². The van der Waals surface area contributed by atoms with Gasteiger partial charge < -0.3 is 9.64 Å². The van der Waals surface area contributed by atoms with Crippen LogP contribution >= 0.6 is 0 Å². The number of H-pyrrole nitrogens is 1. The van der Waals surface area contributed by atoms with Crippen LogP contribution in [0.15, 0.2) is 10.9 Å². The van der Waals surface area contributed by atoms with Gasteiger partial charge in [0.2, 0.25) is 5.88 Å². The average Bonchev–Trinajstić information content (AvgIpc) is 3.31. The molecule has 0 aromatic carbocycles. The maximum atomic E-state index is 13.2. The molecule has 0 bridgehead atoms. The minimum atomic E-state index is -0.194. The van der Waals surface area contributed by atoms with Crippen molar-refractivity contribution in [3.8, 4) is 5.88 Å². The van der Waals surface area contributed by atoms with Gasteiger partial charge in [-0.1, -0.05) is 0 Å². The Balaban J connectivity index is 1.60. The van der Waals surface area contributed by atoms with Crippen molar-refractivity contribution in [2.45, 2.75) is 51.5 Å². The number of methoxy groups -OCH3 is 1. The molecule has 2 aromatic rings. The van der Waals surface area contributed by atoms with E-state index in [1.165, 1.54) is 0 Å². The molecule has 0 radical (unpaired) electrons. The smallest absolute Gasteiger partial charge is 0.343 e. The number of hydrogen-bond donors (Lipinski definition) is 1. The maximum Gasteiger partial charge on any atom is 0.343 e. The minimum absolute atomic E-state index is 0.0509. The van der Waals surface area contributed by atoms with Crippen molar-refractivity contribution < 1.29 is 9.53 Å². The first kappa shape index (κ1) is 17.8. The summed E-state index contributed by atoms with van der Waals surface area (Å²) in [5, 5.41) is 6.74. The number of amides is 1. The van der Waals surface area contributed by atoms with Crippen LogP contribution in [-0.4, -0.2) is 50.8 Å². The summed E-state index contributed by atoms with van der Waals surface area (Å²) < 4.78 is 7.06. The van der Waals surface area contributed by atoms with Crippen molar-refractivity contribution in [3.63, 3.8) is 0 Å². The number of aromatic amines is 1. The zero-order chi connectivity index (χ0) is 19.0. The highest BCUT2D eigenvalue weighted by molar-refractivity contribution is 5.96. The molecule has 27 heavy (non-hydrogen) atoms. The summed E-state index contributed by atoms with van der Waals surface area (Å²) in [4.78, 5) is 31.5. The van der Waals surface area contributed by atoms with E-state index < -0.39 is 0 Å². The lowest BCUT2D eigenvalue weighted by Crippen LogP contribution is -2.40. The number of aryl methyl sites for hydroxylation is 2. The largest absolute Gasteiger partial charge is 0.480 e. The quantitative estimate of drug-likeness (QED) is 0.879. The molecule has 1 unspecified atom stereocenters. The van der Waals surface area contributed by atoms with Crippen molar-refractivity contribution in [1.29, 1.82) is 0 Å². The lowest BCUT2D eigenvalue weighted by Gasteiger charge is -2.32. The van der Waals surface area contributed by atoms with Crippen LogP contribution in [0.25, 0.3) is 0 Å².